The lowest BCUT2D eigenvalue weighted by Crippen LogP contribution is -2.32. The van der Waals surface area contributed by atoms with Crippen molar-refractivity contribution in [1.29, 1.82) is 0 Å². The number of fused-ring (bicyclic) bond motifs is 1. The number of hydrogen-bond donors (Lipinski definition) is 0. The Kier molecular flexibility index (Phi) is 7.05. The van der Waals surface area contributed by atoms with Gasteiger partial charge in [0.15, 0.2) is 0 Å². The number of carbonyl (C=O) groups excluding carboxylic acids is 3. The van der Waals surface area contributed by atoms with E-state index in [0.29, 0.717) is 27.5 Å². The third kappa shape index (κ3) is 5.57. The van der Waals surface area contributed by atoms with Gasteiger partial charge >= 0.3 is 5.97 Å². The second-order valence-corrected chi connectivity index (χ2v) is 9.48. The second-order valence-electron chi connectivity index (χ2n) is 8.49. The Hall–Kier alpha value is -4.36. The Morgan fingerprint density at radius 2 is 1.65 bits per heavy atom. The summed E-state index contributed by atoms with van der Waals surface area (Å²) < 4.78 is 11.3. The van der Waals surface area contributed by atoms with Crippen LogP contribution in [0.1, 0.15) is 21.5 Å². The molecular formula is C30H23NO5S. The lowest BCUT2D eigenvalue weighted by atomic mass is 10.0. The molecule has 0 unspecified atom stereocenters. The first-order chi connectivity index (χ1) is 18.0. The van der Waals surface area contributed by atoms with Crippen molar-refractivity contribution < 1.29 is 23.9 Å². The van der Waals surface area contributed by atoms with Crippen LogP contribution in [0.4, 0.5) is 4.79 Å². The molecule has 1 heterocycles. The summed E-state index contributed by atoms with van der Waals surface area (Å²) in [4.78, 5) is 39.7. The zero-order valence-corrected chi connectivity index (χ0v) is 20.9. The SMILES string of the molecule is Cc1cccc(OCCN2C(=O)S/C(=C\c3cccc(OC(=O)c4cccc5ccccc45)c3)C2=O)c1. The molecule has 0 spiro atoms. The molecule has 1 saturated heterocycles. The summed E-state index contributed by atoms with van der Waals surface area (Å²) in [6.45, 7) is 2.32. The van der Waals surface area contributed by atoms with E-state index >= 15 is 0 Å². The van der Waals surface area contributed by atoms with Gasteiger partial charge in [0, 0.05) is 0 Å². The minimum absolute atomic E-state index is 0.151. The van der Waals surface area contributed by atoms with E-state index in [0.717, 1.165) is 28.1 Å². The molecule has 0 radical (unpaired) electrons. The van der Waals surface area contributed by atoms with E-state index in [1.807, 2.05) is 67.6 Å². The van der Waals surface area contributed by atoms with Crippen LogP contribution in [0.15, 0.2) is 95.9 Å². The fourth-order valence-corrected chi connectivity index (χ4v) is 4.90. The molecule has 0 aliphatic carbocycles. The summed E-state index contributed by atoms with van der Waals surface area (Å²) in [7, 11) is 0. The van der Waals surface area contributed by atoms with E-state index in [1.54, 1.807) is 36.4 Å². The van der Waals surface area contributed by atoms with E-state index < -0.39 is 5.97 Å². The third-order valence-electron chi connectivity index (χ3n) is 5.82. The maximum absolute atomic E-state index is 12.9. The van der Waals surface area contributed by atoms with Crippen molar-refractivity contribution in [3.63, 3.8) is 0 Å². The lowest BCUT2D eigenvalue weighted by Gasteiger charge is -2.13. The second kappa shape index (κ2) is 10.7. The van der Waals surface area contributed by atoms with Gasteiger partial charge in [-0.3, -0.25) is 14.5 Å². The Morgan fingerprint density at radius 3 is 2.51 bits per heavy atom. The molecule has 2 amide bonds. The van der Waals surface area contributed by atoms with Crippen LogP contribution in [0.5, 0.6) is 11.5 Å². The standard InChI is InChI=1S/C30H23NO5S/c1-20-7-4-11-23(17-20)35-16-15-31-28(32)27(37-30(31)34)19-21-8-5-12-24(18-21)36-29(33)26-14-6-10-22-9-2-3-13-25(22)26/h2-14,17-19H,15-16H2,1H3/b27-19-. The first-order valence-electron chi connectivity index (χ1n) is 11.7. The van der Waals surface area contributed by atoms with Crippen molar-refractivity contribution in [2.24, 2.45) is 0 Å². The van der Waals surface area contributed by atoms with Crippen molar-refractivity contribution in [2.75, 3.05) is 13.2 Å². The van der Waals surface area contributed by atoms with Gasteiger partial charge < -0.3 is 9.47 Å². The number of esters is 1. The molecule has 0 aromatic heterocycles. The predicted octanol–water partition coefficient (Wildman–Crippen LogP) is 6.48. The van der Waals surface area contributed by atoms with Gasteiger partial charge in [0.1, 0.15) is 18.1 Å². The molecule has 4 aromatic carbocycles. The van der Waals surface area contributed by atoms with Crippen molar-refractivity contribution in [3.8, 4) is 11.5 Å². The molecule has 4 aromatic rings. The minimum atomic E-state index is -0.470. The van der Waals surface area contributed by atoms with Gasteiger partial charge in [0.2, 0.25) is 0 Å². The van der Waals surface area contributed by atoms with Gasteiger partial charge in [0.25, 0.3) is 11.1 Å². The van der Waals surface area contributed by atoms with Crippen molar-refractivity contribution in [3.05, 3.63) is 113 Å². The monoisotopic (exact) mass is 509 g/mol. The molecule has 1 aliphatic heterocycles. The van der Waals surface area contributed by atoms with E-state index in [9.17, 15) is 14.4 Å². The molecule has 1 fully saturated rings. The predicted molar refractivity (Wildman–Crippen MR) is 145 cm³/mol. The lowest BCUT2D eigenvalue weighted by molar-refractivity contribution is -0.123. The van der Waals surface area contributed by atoms with Crippen LogP contribution in [0.2, 0.25) is 0 Å². The molecule has 7 heteroatoms. The van der Waals surface area contributed by atoms with Crippen LogP contribution in [0.25, 0.3) is 16.8 Å². The smallest absolute Gasteiger partial charge is 0.344 e. The summed E-state index contributed by atoms with van der Waals surface area (Å²) in [5.74, 6) is 0.193. The highest BCUT2D eigenvalue weighted by Crippen LogP contribution is 2.32. The number of rotatable bonds is 7. The Morgan fingerprint density at radius 1 is 0.892 bits per heavy atom. The van der Waals surface area contributed by atoms with E-state index in [4.69, 9.17) is 9.47 Å². The van der Waals surface area contributed by atoms with Crippen molar-refractivity contribution in [2.45, 2.75) is 6.92 Å². The molecule has 0 bridgehead atoms. The molecule has 5 rings (SSSR count). The van der Waals surface area contributed by atoms with Crippen LogP contribution < -0.4 is 9.47 Å². The average molecular weight is 510 g/mol. The van der Waals surface area contributed by atoms with Gasteiger partial charge in [-0.15, -0.1) is 0 Å². The number of carbonyl (C=O) groups is 3. The van der Waals surface area contributed by atoms with Gasteiger partial charge in [-0.2, -0.15) is 0 Å². The largest absolute Gasteiger partial charge is 0.492 e. The number of amides is 2. The fourth-order valence-electron chi connectivity index (χ4n) is 4.04. The van der Waals surface area contributed by atoms with Gasteiger partial charge in [0.05, 0.1) is 17.0 Å². The minimum Gasteiger partial charge on any atom is -0.492 e. The first-order valence-corrected chi connectivity index (χ1v) is 12.5. The van der Waals surface area contributed by atoms with Gasteiger partial charge in [-0.05, 0) is 77.0 Å². The topological polar surface area (TPSA) is 72.9 Å². The average Bonchev–Trinajstić information content (AvgIpc) is 3.16. The van der Waals surface area contributed by atoms with E-state index in [1.165, 1.54) is 4.90 Å². The molecule has 0 atom stereocenters. The van der Waals surface area contributed by atoms with E-state index in [-0.39, 0.29) is 24.3 Å². The third-order valence-corrected chi connectivity index (χ3v) is 6.73. The van der Waals surface area contributed by atoms with Crippen molar-refractivity contribution in [1.82, 2.24) is 4.90 Å². The number of thioether (sulfide) groups is 1. The number of imide groups is 1. The fraction of sp³-hybridized carbons (Fsp3) is 0.100. The van der Waals surface area contributed by atoms with Crippen molar-refractivity contribution >= 4 is 45.7 Å². The summed E-state index contributed by atoms with van der Waals surface area (Å²) >= 11 is 0.879. The molecule has 6 nitrogen and oxygen atoms in total. The highest BCUT2D eigenvalue weighted by molar-refractivity contribution is 8.18. The maximum atomic E-state index is 12.9. The van der Waals surface area contributed by atoms with Crippen LogP contribution >= 0.6 is 11.8 Å². The molecule has 1 aliphatic rings. The van der Waals surface area contributed by atoms with Gasteiger partial charge in [-0.25, -0.2) is 4.79 Å². The highest BCUT2D eigenvalue weighted by atomic mass is 32.2. The van der Waals surface area contributed by atoms with Crippen LogP contribution in [0, 0.1) is 6.92 Å². The summed E-state index contributed by atoms with van der Waals surface area (Å²) in [5.41, 5.74) is 2.18. The molecular weight excluding hydrogens is 486 g/mol. The molecule has 0 saturated carbocycles. The highest BCUT2D eigenvalue weighted by Gasteiger charge is 2.34. The quantitative estimate of drug-likeness (QED) is 0.161. The molecule has 37 heavy (non-hydrogen) atoms. The first kappa shape index (κ1) is 24.3. The zero-order valence-electron chi connectivity index (χ0n) is 20.0. The summed E-state index contributed by atoms with van der Waals surface area (Å²) in [6, 6.07) is 27.5. The number of hydrogen-bond acceptors (Lipinski definition) is 6. The number of aryl methyl sites for hydroxylation is 1. The molecule has 0 N–H and O–H groups in total. The number of benzene rings is 4. The summed E-state index contributed by atoms with van der Waals surface area (Å²) in [5, 5.41) is 1.42. The Balaban J connectivity index is 1.26. The Bertz CT molecular complexity index is 1540. The van der Waals surface area contributed by atoms with Crippen LogP contribution in [0.3, 0.4) is 0 Å². The number of ether oxygens (including phenoxy) is 2. The molecule has 184 valence electrons. The Labute approximate surface area is 218 Å². The van der Waals surface area contributed by atoms with Gasteiger partial charge in [-0.1, -0.05) is 60.7 Å². The van der Waals surface area contributed by atoms with E-state index in [2.05, 4.69) is 0 Å². The number of nitrogens with zero attached hydrogens (tertiary/aromatic N) is 1. The normalized spacial score (nSPS) is 14.4. The zero-order chi connectivity index (χ0) is 25.8. The summed E-state index contributed by atoms with van der Waals surface area (Å²) in [6.07, 6.45) is 1.63. The van der Waals surface area contributed by atoms with Crippen LogP contribution in [-0.2, 0) is 4.79 Å². The maximum Gasteiger partial charge on any atom is 0.344 e. The van der Waals surface area contributed by atoms with Crippen LogP contribution in [-0.4, -0.2) is 35.2 Å².